The molecule has 2 atom stereocenters. The van der Waals surface area contributed by atoms with Gasteiger partial charge in [-0.05, 0) is 32.9 Å². The molecule has 2 unspecified atom stereocenters. The Morgan fingerprint density at radius 1 is 1.64 bits per heavy atom. The van der Waals surface area contributed by atoms with Crippen molar-refractivity contribution < 1.29 is 5.11 Å². The normalized spacial score (nSPS) is 17.4. The molecule has 0 spiro atoms. The molecular weight excluding hydrogens is 194 g/mol. The van der Waals surface area contributed by atoms with Crippen molar-refractivity contribution in [1.82, 2.24) is 5.32 Å². The van der Waals surface area contributed by atoms with E-state index in [2.05, 4.69) is 18.8 Å². The minimum absolute atomic E-state index is 0.446. The van der Waals surface area contributed by atoms with Crippen molar-refractivity contribution >= 4 is 11.8 Å². The number of nitrogens with one attached hydrogen (secondary N) is 1. The highest BCUT2D eigenvalue weighted by Gasteiger charge is 2.19. The highest BCUT2D eigenvalue weighted by Crippen LogP contribution is 2.09. The molecule has 0 fully saturated rings. The zero-order chi connectivity index (χ0) is 11.0. The first-order valence-electron chi connectivity index (χ1n) is 5.07. The van der Waals surface area contributed by atoms with Crippen LogP contribution in [0.15, 0.2) is 12.7 Å². The Morgan fingerprint density at radius 3 is 2.79 bits per heavy atom. The van der Waals surface area contributed by atoms with Gasteiger partial charge in [0.2, 0.25) is 0 Å². The van der Waals surface area contributed by atoms with E-state index in [0.717, 1.165) is 18.6 Å². The van der Waals surface area contributed by atoms with Crippen molar-refractivity contribution in [3.63, 3.8) is 0 Å². The van der Waals surface area contributed by atoms with Gasteiger partial charge in [0.1, 0.15) is 0 Å². The molecule has 0 saturated carbocycles. The fourth-order valence-corrected chi connectivity index (χ4v) is 1.95. The first kappa shape index (κ1) is 14.0. The molecule has 0 heterocycles. The number of rotatable bonds is 8. The van der Waals surface area contributed by atoms with Gasteiger partial charge in [-0.3, -0.25) is 0 Å². The van der Waals surface area contributed by atoms with E-state index < -0.39 is 5.60 Å². The molecule has 0 aliphatic carbocycles. The average molecular weight is 217 g/mol. The third-order valence-electron chi connectivity index (χ3n) is 2.09. The lowest BCUT2D eigenvalue weighted by molar-refractivity contribution is 0.0817. The van der Waals surface area contributed by atoms with Crippen LogP contribution in [0, 0.1) is 0 Å². The highest BCUT2D eigenvalue weighted by molar-refractivity contribution is 7.98. The third-order valence-corrected chi connectivity index (χ3v) is 3.00. The Bertz CT molecular complexity index is 159. The molecule has 0 aliphatic rings. The van der Waals surface area contributed by atoms with Crippen LogP contribution in [0.4, 0.5) is 0 Å². The van der Waals surface area contributed by atoms with Crippen LogP contribution in [-0.2, 0) is 0 Å². The summed E-state index contributed by atoms with van der Waals surface area (Å²) < 4.78 is 0. The van der Waals surface area contributed by atoms with Crippen LogP contribution in [-0.4, -0.2) is 35.3 Å². The van der Waals surface area contributed by atoms with Gasteiger partial charge in [0.15, 0.2) is 0 Å². The lowest BCUT2D eigenvalue weighted by Gasteiger charge is -2.25. The third kappa shape index (κ3) is 7.42. The van der Waals surface area contributed by atoms with Crippen LogP contribution >= 0.6 is 11.8 Å². The molecular formula is C11H23NOS. The van der Waals surface area contributed by atoms with Gasteiger partial charge in [0, 0.05) is 18.3 Å². The molecule has 0 aromatic heterocycles. The maximum absolute atomic E-state index is 9.89. The van der Waals surface area contributed by atoms with Crippen molar-refractivity contribution in [1.29, 1.82) is 0 Å². The Morgan fingerprint density at radius 2 is 2.29 bits per heavy atom. The molecule has 0 amide bonds. The van der Waals surface area contributed by atoms with E-state index in [4.69, 9.17) is 0 Å². The zero-order valence-electron chi connectivity index (χ0n) is 9.55. The predicted molar refractivity (Wildman–Crippen MR) is 65.9 cm³/mol. The van der Waals surface area contributed by atoms with Crippen LogP contribution in [0.1, 0.15) is 26.7 Å². The minimum Gasteiger partial charge on any atom is -0.388 e. The maximum Gasteiger partial charge on any atom is 0.0833 e. The Kier molecular flexibility index (Phi) is 7.33. The number of allylic oxidation sites excluding steroid dienone is 1. The van der Waals surface area contributed by atoms with Crippen molar-refractivity contribution in [2.45, 2.75) is 38.3 Å². The van der Waals surface area contributed by atoms with Gasteiger partial charge >= 0.3 is 0 Å². The fourth-order valence-electron chi connectivity index (χ4n) is 1.23. The molecule has 0 aliphatic heterocycles. The summed E-state index contributed by atoms with van der Waals surface area (Å²) in [5.41, 5.74) is -0.595. The summed E-state index contributed by atoms with van der Waals surface area (Å²) in [6, 6.07) is 0.446. The molecule has 2 nitrogen and oxygen atoms in total. The van der Waals surface area contributed by atoms with Crippen LogP contribution in [0.2, 0.25) is 0 Å². The van der Waals surface area contributed by atoms with Crippen molar-refractivity contribution in [2.24, 2.45) is 0 Å². The van der Waals surface area contributed by atoms with Crippen LogP contribution in [0.25, 0.3) is 0 Å². The molecule has 0 saturated heterocycles. The second-order valence-corrected chi connectivity index (χ2v) is 4.94. The van der Waals surface area contributed by atoms with Gasteiger partial charge < -0.3 is 10.4 Å². The lowest BCUT2D eigenvalue weighted by Crippen LogP contribution is -2.43. The van der Waals surface area contributed by atoms with E-state index in [9.17, 15) is 5.11 Å². The van der Waals surface area contributed by atoms with Crippen molar-refractivity contribution in [3.05, 3.63) is 12.7 Å². The number of thioether (sulfide) groups is 1. The van der Waals surface area contributed by atoms with E-state index in [-0.39, 0.29) is 0 Å². The van der Waals surface area contributed by atoms with Gasteiger partial charge in [-0.25, -0.2) is 0 Å². The summed E-state index contributed by atoms with van der Waals surface area (Å²) in [5, 5.41) is 13.2. The summed E-state index contributed by atoms with van der Waals surface area (Å²) in [6.07, 6.45) is 6.05. The Hall–Kier alpha value is 0.0100. The summed E-state index contributed by atoms with van der Waals surface area (Å²) >= 11 is 1.67. The monoisotopic (exact) mass is 217 g/mol. The smallest absolute Gasteiger partial charge is 0.0833 e. The van der Waals surface area contributed by atoms with Gasteiger partial charge in [0.25, 0.3) is 0 Å². The predicted octanol–water partition coefficient (Wildman–Crippen LogP) is 2.04. The summed E-state index contributed by atoms with van der Waals surface area (Å²) in [7, 11) is 0. The van der Waals surface area contributed by atoms with Gasteiger partial charge in [-0.1, -0.05) is 6.08 Å². The lowest BCUT2D eigenvalue weighted by atomic mass is 10.1. The zero-order valence-corrected chi connectivity index (χ0v) is 10.4. The topological polar surface area (TPSA) is 32.3 Å². The maximum atomic E-state index is 9.89. The van der Waals surface area contributed by atoms with E-state index in [1.165, 1.54) is 0 Å². The van der Waals surface area contributed by atoms with Crippen LogP contribution in [0.3, 0.4) is 0 Å². The first-order chi connectivity index (χ1) is 6.52. The van der Waals surface area contributed by atoms with E-state index in [0.29, 0.717) is 12.6 Å². The second kappa shape index (κ2) is 7.32. The number of hydrogen-bond acceptors (Lipinski definition) is 3. The quantitative estimate of drug-likeness (QED) is 0.610. The summed E-state index contributed by atoms with van der Waals surface area (Å²) in [6.45, 7) is 8.36. The molecule has 3 heteroatoms. The second-order valence-electron chi connectivity index (χ2n) is 4.08. The van der Waals surface area contributed by atoms with Crippen LogP contribution in [0.5, 0.6) is 0 Å². The largest absolute Gasteiger partial charge is 0.388 e. The molecule has 0 radical (unpaired) electrons. The molecule has 0 rings (SSSR count). The van der Waals surface area contributed by atoms with Crippen LogP contribution < -0.4 is 5.32 Å². The minimum atomic E-state index is -0.595. The first-order valence-corrected chi connectivity index (χ1v) is 6.47. The van der Waals surface area contributed by atoms with Gasteiger partial charge in [-0.2, -0.15) is 11.8 Å². The molecule has 0 aromatic rings. The van der Waals surface area contributed by atoms with E-state index in [1.54, 1.807) is 11.8 Å². The van der Waals surface area contributed by atoms with Crippen molar-refractivity contribution in [2.75, 3.05) is 18.6 Å². The van der Waals surface area contributed by atoms with Gasteiger partial charge in [0.05, 0.1) is 5.60 Å². The number of aliphatic hydroxyl groups is 1. The Balaban J connectivity index is 3.63. The molecule has 0 bridgehead atoms. The summed E-state index contributed by atoms with van der Waals surface area (Å²) in [5.74, 6) is 0.772. The number of hydrogen-bond donors (Lipinski definition) is 2. The molecule has 0 aromatic carbocycles. The summed E-state index contributed by atoms with van der Waals surface area (Å²) in [4.78, 5) is 0. The van der Waals surface area contributed by atoms with E-state index in [1.807, 2.05) is 19.3 Å². The average Bonchev–Trinajstić information content (AvgIpc) is 2.11. The van der Waals surface area contributed by atoms with E-state index >= 15 is 0 Å². The highest BCUT2D eigenvalue weighted by atomic mass is 32.2. The standard InChI is InChI=1S/C11H23NOS/c1-5-6-7-10(2)12-8-11(3,13)9-14-4/h5,10,12-13H,1,6-9H2,2-4H3. The van der Waals surface area contributed by atoms with Crippen molar-refractivity contribution in [3.8, 4) is 0 Å². The Labute approximate surface area is 92.2 Å². The molecule has 14 heavy (non-hydrogen) atoms. The molecule has 2 N–H and O–H groups in total. The van der Waals surface area contributed by atoms with Gasteiger partial charge in [-0.15, -0.1) is 6.58 Å². The fraction of sp³-hybridized carbons (Fsp3) is 0.818. The molecule has 84 valence electrons. The SMILES string of the molecule is C=CCCC(C)NCC(C)(O)CSC.